The molecule has 1 aliphatic heterocycles. The molecule has 0 amide bonds. The van der Waals surface area contributed by atoms with Crippen LogP contribution in [0.3, 0.4) is 0 Å². The minimum atomic E-state index is -0.0631. The van der Waals surface area contributed by atoms with Gasteiger partial charge >= 0.3 is 5.69 Å². The Bertz CT molecular complexity index is 969. The van der Waals surface area contributed by atoms with Crippen molar-refractivity contribution < 1.29 is 0 Å². The van der Waals surface area contributed by atoms with E-state index in [0.29, 0.717) is 11.6 Å². The molecule has 1 fully saturated rings. The van der Waals surface area contributed by atoms with E-state index in [4.69, 9.17) is 11.6 Å². The molecule has 25 heavy (non-hydrogen) atoms. The first-order valence-corrected chi connectivity index (χ1v) is 9.07. The van der Waals surface area contributed by atoms with E-state index in [2.05, 4.69) is 9.88 Å². The average Bonchev–Trinajstić information content (AvgIpc) is 2.89. The summed E-state index contributed by atoms with van der Waals surface area (Å²) in [5.41, 5.74) is 3.59. The van der Waals surface area contributed by atoms with Crippen molar-refractivity contribution >= 4 is 28.5 Å². The van der Waals surface area contributed by atoms with Crippen LogP contribution in [-0.2, 0) is 13.6 Å². The molecular weight excluding hydrogens is 336 g/mol. The summed E-state index contributed by atoms with van der Waals surface area (Å²) in [5, 5.41) is 0.676. The number of benzene rings is 1. The number of aryl methyl sites for hydroxylation is 1. The SMILES string of the molecule is Cn1c(=O)n(Cc2ccccc2Cl)c2c(N3CCCCC3)ccnc21. The fourth-order valence-corrected chi connectivity index (χ4v) is 3.83. The maximum atomic E-state index is 12.9. The number of hydrogen-bond donors (Lipinski definition) is 0. The molecule has 0 bridgehead atoms. The zero-order valence-electron chi connectivity index (χ0n) is 14.3. The van der Waals surface area contributed by atoms with Gasteiger partial charge in [0.2, 0.25) is 0 Å². The number of rotatable bonds is 3. The van der Waals surface area contributed by atoms with Gasteiger partial charge in [0.15, 0.2) is 5.65 Å². The van der Waals surface area contributed by atoms with E-state index >= 15 is 0 Å². The van der Waals surface area contributed by atoms with Crippen LogP contribution >= 0.6 is 11.6 Å². The summed E-state index contributed by atoms with van der Waals surface area (Å²) < 4.78 is 3.42. The monoisotopic (exact) mass is 356 g/mol. The number of hydrogen-bond acceptors (Lipinski definition) is 3. The predicted octanol–water partition coefficient (Wildman–Crippen LogP) is 3.43. The summed E-state index contributed by atoms with van der Waals surface area (Å²) in [6.45, 7) is 2.49. The molecule has 0 aliphatic carbocycles. The summed E-state index contributed by atoms with van der Waals surface area (Å²) in [6, 6.07) is 9.69. The smallest absolute Gasteiger partial charge is 0.330 e. The number of piperidine rings is 1. The third-order valence-corrected chi connectivity index (χ3v) is 5.34. The van der Waals surface area contributed by atoms with Crippen molar-refractivity contribution in [3.8, 4) is 0 Å². The van der Waals surface area contributed by atoms with Gasteiger partial charge in [-0.3, -0.25) is 9.13 Å². The van der Waals surface area contributed by atoms with E-state index < -0.39 is 0 Å². The number of pyridine rings is 1. The standard InChI is InChI=1S/C19H21ClN4O/c1-22-18-17(16(9-10-21-18)23-11-5-2-6-12-23)24(19(22)25)13-14-7-3-4-8-15(14)20/h3-4,7-10H,2,5-6,11-13H2,1H3. The van der Waals surface area contributed by atoms with Gasteiger partial charge in [0.25, 0.3) is 0 Å². The van der Waals surface area contributed by atoms with Crippen LogP contribution in [0.1, 0.15) is 24.8 Å². The number of nitrogens with zero attached hydrogens (tertiary/aromatic N) is 4. The van der Waals surface area contributed by atoms with Crippen molar-refractivity contribution in [3.05, 3.63) is 57.6 Å². The van der Waals surface area contributed by atoms with Crippen molar-refractivity contribution in [2.45, 2.75) is 25.8 Å². The summed E-state index contributed by atoms with van der Waals surface area (Å²) in [4.78, 5) is 19.7. The Labute approximate surface area is 151 Å². The number of anilines is 1. The molecule has 4 rings (SSSR count). The third-order valence-electron chi connectivity index (χ3n) is 4.97. The highest BCUT2D eigenvalue weighted by Crippen LogP contribution is 2.28. The van der Waals surface area contributed by atoms with E-state index in [1.165, 1.54) is 19.3 Å². The summed E-state index contributed by atoms with van der Waals surface area (Å²) >= 11 is 6.32. The largest absolute Gasteiger partial charge is 0.370 e. The highest BCUT2D eigenvalue weighted by atomic mass is 35.5. The van der Waals surface area contributed by atoms with Crippen LogP contribution < -0.4 is 10.6 Å². The second kappa shape index (κ2) is 6.56. The lowest BCUT2D eigenvalue weighted by atomic mass is 10.1. The molecule has 130 valence electrons. The summed E-state index contributed by atoms with van der Waals surface area (Å²) in [5.74, 6) is 0. The number of halogens is 1. The summed E-state index contributed by atoms with van der Waals surface area (Å²) in [6.07, 6.45) is 5.44. The van der Waals surface area contributed by atoms with Gasteiger partial charge in [-0.2, -0.15) is 0 Å². The van der Waals surface area contributed by atoms with E-state index in [9.17, 15) is 4.79 Å². The van der Waals surface area contributed by atoms with Crippen molar-refractivity contribution in [2.24, 2.45) is 7.05 Å². The molecule has 6 heteroatoms. The van der Waals surface area contributed by atoms with Crippen LogP contribution in [0.15, 0.2) is 41.3 Å². The van der Waals surface area contributed by atoms with Crippen LogP contribution in [-0.4, -0.2) is 27.2 Å². The molecule has 0 unspecified atom stereocenters. The fourth-order valence-electron chi connectivity index (χ4n) is 3.64. The third kappa shape index (κ3) is 2.82. The molecule has 0 atom stereocenters. The Morgan fingerprint density at radius 3 is 2.64 bits per heavy atom. The molecule has 3 heterocycles. The van der Waals surface area contributed by atoms with Gasteiger partial charge < -0.3 is 4.90 Å². The molecular formula is C19H21ClN4O. The van der Waals surface area contributed by atoms with Gasteiger partial charge in [0.05, 0.1) is 12.2 Å². The molecule has 1 saturated heterocycles. The number of aromatic nitrogens is 3. The van der Waals surface area contributed by atoms with E-state index in [1.807, 2.05) is 30.3 Å². The van der Waals surface area contributed by atoms with Crippen molar-refractivity contribution in [1.29, 1.82) is 0 Å². The van der Waals surface area contributed by atoms with Crippen LogP contribution in [0.4, 0.5) is 5.69 Å². The van der Waals surface area contributed by atoms with Crippen LogP contribution in [0.2, 0.25) is 5.02 Å². The van der Waals surface area contributed by atoms with Gasteiger partial charge in [0, 0.05) is 31.4 Å². The Morgan fingerprint density at radius 1 is 1.12 bits per heavy atom. The number of imidazole rings is 1. The maximum absolute atomic E-state index is 12.9. The Hall–Kier alpha value is -2.27. The first-order chi connectivity index (χ1) is 12.2. The zero-order valence-corrected chi connectivity index (χ0v) is 15.0. The van der Waals surface area contributed by atoms with Gasteiger partial charge in [-0.25, -0.2) is 9.78 Å². The van der Waals surface area contributed by atoms with E-state index in [1.54, 1.807) is 22.4 Å². The fraction of sp³-hybridized carbons (Fsp3) is 0.368. The molecule has 0 N–H and O–H groups in total. The quantitative estimate of drug-likeness (QED) is 0.722. The average molecular weight is 357 g/mol. The first kappa shape index (κ1) is 16.2. The second-order valence-corrected chi connectivity index (χ2v) is 6.98. The van der Waals surface area contributed by atoms with E-state index in [0.717, 1.165) is 35.5 Å². The van der Waals surface area contributed by atoms with Gasteiger partial charge in [0.1, 0.15) is 5.52 Å². The molecule has 2 aromatic heterocycles. The molecule has 1 aromatic carbocycles. The Morgan fingerprint density at radius 2 is 1.88 bits per heavy atom. The van der Waals surface area contributed by atoms with Crippen LogP contribution in [0.5, 0.6) is 0 Å². The minimum absolute atomic E-state index is 0.0631. The lowest BCUT2D eigenvalue weighted by molar-refractivity contribution is 0.578. The maximum Gasteiger partial charge on any atom is 0.330 e. The highest BCUT2D eigenvalue weighted by molar-refractivity contribution is 6.31. The van der Waals surface area contributed by atoms with E-state index in [-0.39, 0.29) is 5.69 Å². The topological polar surface area (TPSA) is 43.1 Å². The number of fused-ring (bicyclic) bond motifs is 1. The first-order valence-electron chi connectivity index (χ1n) is 8.69. The second-order valence-electron chi connectivity index (χ2n) is 6.57. The van der Waals surface area contributed by atoms with Gasteiger partial charge in [-0.15, -0.1) is 0 Å². The lowest BCUT2D eigenvalue weighted by Gasteiger charge is -2.29. The van der Waals surface area contributed by atoms with Crippen molar-refractivity contribution in [2.75, 3.05) is 18.0 Å². The molecule has 0 spiro atoms. The molecule has 5 nitrogen and oxygen atoms in total. The van der Waals surface area contributed by atoms with Crippen molar-refractivity contribution in [3.63, 3.8) is 0 Å². The van der Waals surface area contributed by atoms with Gasteiger partial charge in [-0.05, 0) is 37.0 Å². The Kier molecular flexibility index (Phi) is 4.25. The Balaban J connectivity index is 1.89. The normalized spacial score (nSPS) is 15.0. The van der Waals surface area contributed by atoms with Crippen LogP contribution in [0, 0.1) is 0 Å². The summed E-state index contributed by atoms with van der Waals surface area (Å²) in [7, 11) is 1.78. The lowest BCUT2D eigenvalue weighted by Crippen LogP contribution is -2.30. The predicted molar refractivity (Wildman–Crippen MR) is 102 cm³/mol. The minimum Gasteiger partial charge on any atom is -0.370 e. The van der Waals surface area contributed by atoms with Crippen molar-refractivity contribution in [1.82, 2.24) is 14.1 Å². The zero-order chi connectivity index (χ0) is 17.4. The molecule has 0 saturated carbocycles. The van der Waals surface area contributed by atoms with Crippen LogP contribution in [0.25, 0.3) is 11.2 Å². The molecule has 0 radical (unpaired) electrons. The molecule has 1 aliphatic rings. The van der Waals surface area contributed by atoms with Gasteiger partial charge in [-0.1, -0.05) is 29.8 Å². The molecule has 3 aromatic rings. The highest BCUT2D eigenvalue weighted by Gasteiger charge is 2.21.